The maximum atomic E-state index is 13.3. The summed E-state index contributed by atoms with van der Waals surface area (Å²) in [5, 5.41) is 0.450. The second-order valence-corrected chi connectivity index (χ2v) is 8.30. The number of nitrogens with one attached hydrogen (secondary N) is 1. The Kier molecular flexibility index (Phi) is 6.11. The minimum absolute atomic E-state index is 0.182. The summed E-state index contributed by atoms with van der Waals surface area (Å²) in [7, 11) is 1.47. The summed E-state index contributed by atoms with van der Waals surface area (Å²) in [4.78, 5) is 62.4. The predicted octanol–water partition coefficient (Wildman–Crippen LogP) is 1.90. The van der Waals surface area contributed by atoms with Gasteiger partial charge in [0, 0.05) is 50.5 Å². The van der Waals surface area contributed by atoms with E-state index in [2.05, 4.69) is 24.9 Å². The van der Waals surface area contributed by atoms with Crippen molar-refractivity contribution in [2.75, 3.05) is 33.3 Å². The Morgan fingerprint density at radius 3 is 2.47 bits per heavy atom. The number of nitrogens with zero attached hydrogens (tertiary/aromatic N) is 6. The van der Waals surface area contributed by atoms with Crippen LogP contribution in [0, 0.1) is 6.92 Å². The van der Waals surface area contributed by atoms with Gasteiger partial charge < -0.3 is 19.5 Å². The van der Waals surface area contributed by atoms with Crippen molar-refractivity contribution < 1.29 is 19.1 Å². The third-order valence-electron chi connectivity index (χ3n) is 6.10. The highest BCUT2D eigenvalue weighted by molar-refractivity contribution is 6.45. The van der Waals surface area contributed by atoms with Gasteiger partial charge in [0.15, 0.2) is 0 Å². The summed E-state index contributed by atoms with van der Waals surface area (Å²) in [5.74, 6) is -1.15. The van der Waals surface area contributed by atoms with Crippen LogP contribution in [0.1, 0.15) is 26.5 Å². The fraction of sp³-hybridized carbons (Fsp3) is 0.240. The van der Waals surface area contributed by atoms with Gasteiger partial charge in [-0.15, -0.1) is 0 Å². The van der Waals surface area contributed by atoms with Crippen molar-refractivity contribution in [3.8, 4) is 17.1 Å². The van der Waals surface area contributed by atoms with Crippen LogP contribution in [0.3, 0.4) is 0 Å². The zero-order valence-electron chi connectivity index (χ0n) is 19.8. The first kappa shape index (κ1) is 23.1. The molecule has 11 heteroatoms. The number of carbonyl (C=O) groups excluding carboxylic acids is 3. The molecule has 0 aromatic carbocycles. The van der Waals surface area contributed by atoms with E-state index < -0.39 is 11.7 Å². The summed E-state index contributed by atoms with van der Waals surface area (Å²) < 4.78 is 5.44. The molecule has 0 radical (unpaired) electrons. The number of piperazine rings is 1. The average Bonchev–Trinajstić information content (AvgIpc) is 3.37. The molecule has 1 aliphatic rings. The Balaban J connectivity index is 1.36. The van der Waals surface area contributed by atoms with Gasteiger partial charge in [0.1, 0.15) is 22.8 Å². The van der Waals surface area contributed by atoms with Crippen LogP contribution in [0.4, 0.5) is 0 Å². The van der Waals surface area contributed by atoms with Crippen LogP contribution in [0.25, 0.3) is 22.3 Å². The minimum Gasteiger partial charge on any atom is -0.494 e. The van der Waals surface area contributed by atoms with Gasteiger partial charge in [0.25, 0.3) is 17.6 Å². The highest BCUT2D eigenvalue weighted by Crippen LogP contribution is 2.34. The third kappa shape index (κ3) is 4.15. The third-order valence-corrected chi connectivity index (χ3v) is 6.10. The lowest BCUT2D eigenvalue weighted by Crippen LogP contribution is -2.52. The predicted molar refractivity (Wildman–Crippen MR) is 129 cm³/mol. The molecule has 0 bridgehead atoms. The van der Waals surface area contributed by atoms with E-state index in [4.69, 9.17) is 4.74 Å². The minimum atomic E-state index is -0.670. The first-order valence-corrected chi connectivity index (χ1v) is 11.3. The van der Waals surface area contributed by atoms with Crippen molar-refractivity contribution in [3.63, 3.8) is 0 Å². The van der Waals surface area contributed by atoms with E-state index in [1.54, 1.807) is 35.6 Å². The number of amides is 2. The molecule has 11 nitrogen and oxygen atoms in total. The van der Waals surface area contributed by atoms with Gasteiger partial charge in [-0.25, -0.2) is 9.97 Å². The molecule has 5 rings (SSSR count). The van der Waals surface area contributed by atoms with Crippen LogP contribution in [0.2, 0.25) is 0 Å². The molecular formula is C25H23N7O4. The van der Waals surface area contributed by atoms with Crippen molar-refractivity contribution in [1.82, 2.24) is 34.7 Å². The molecule has 0 saturated carbocycles. The average molecular weight is 486 g/mol. The van der Waals surface area contributed by atoms with Crippen molar-refractivity contribution in [2.45, 2.75) is 6.92 Å². The molecule has 2 amide bonds. The van der Waals surface area contributed by atoms with E-state index in [-0.39, 0.29) is 24.6 Å². The van der Waals surface area contributed by atoms with E-state index in [1.807, 2.05) is 13.0 Å². The highest BCUT2D eigenvalue weighted by Gasteiger charge is 2.31. The number of aromatic amines is 1. The number of hydrogen-bond acceptors (Lipinski definition) is 8. The molecule has 1 saturated heterocycles. The highest BCUT2D eigenvalue weighted by atomic mass is 16.5. The molecule has 5 heterocycles. The van der Waals surface area contributed by atoms with Crippen LogP contribution in [0.15, 0.2) is 49.2 Å². The number of ether oxygens (including phenoxy) is 1. The fourth-order valence-corrected chi connectivity index (χ4v) is 4.26. The molecule has 0 aliphatic carbocycles. The van der Waals surface area contributed by atoms with Gasteiger partial charge in [-0.05, 0) is 19.1 Å². The van der Waals surface area contributed by atoms with Crippen molar-refractivity contribution in [2.24, 2.45) is 0 Å². The molecule has 1 N–H and O–H groups in total. The number of carbonyl (C=O) groups is 3. The van der Waals surface area contributed by atoms with Crippen molar-refractivity contribution in [1.29, 1.82) is 0 Å². The standard InChI is InChI=1S/C25H23N7O4/c1-15-4-3-5-17(30-15)24(34)31-8-10-32(11-9-31)25(35)23(33)16-12-28-22-20(16)19(36-2)14-29-21(22)18-13-26-6-7-27-18/h3-7,12-14,28H,8-11H2,1-2H3. The lowest BCUT2D eigenvalue weighted by atomic mass is 10.1. The molecule has 4 aromatic heterocycles. The topological polar surface area (TPSA) is 134 Å². The lowest BCUT2D eigenvalue weighted by molar-refractivity contribution is -0.127. The number of fused-ring (bicyclic) bond motifs is 1. The molecule has 1 aliphatic heterocycles. The molecule has 36 heavy (non-hydrogen) atoms. The van der Waals surface area contributed by atoms with Crippen LogP contribution in [0.5, 0.6) is 5.75 Å². The van der Waals surface area contributed by atoms with Gasteiger partial charge in [-0.1, -0.05) is 6.07 Å². The monoisotopic (exact) mass is 485 g/mol. The number of hydrogen-bond donors (Lipinski definition) is 1. The lowest BCUT2D eigenvalue weighted by Gasteiger charge is -2.34. The van der Waals surface area contributed by atoms with E-state index in [1.165, 1.54) is 24.4 Å². The number of pyridine rings is 2. The van der Waals surface area contributed by atoms with Gasteiger partial charge in [-0.2, -0.15) is 0 Å². The van der Waals surface area contributed by atoms with Gasteiger partial charge in [0.05, 0.1) is 36.0 Å². The van der Waals surface area contributed by atoms with E-state index in [0.29, 0.717) is 46.8 Å². The number of rotatable bonds is 5. The number of aromatic nitrogens is 5. The number of methoxy groups -OCH3 is 1. The zero-order valence-corrected chi connectivity index (χ0v) is 19.8. The number of ketones is 1. The van der Waals surface area contributed by atoms with Gasteiger partial charge in [-0.3, -0.25) is 24.4 Å². The number of Topliss-reactive ketones (excluding diaryl/α,β-unsaturated/α-hetero) is 1. The van der Waals surface area contributed by atoms with Gasteiger partial charge >= 0.3 is 0 Å². The van der Waals surface area contributed by atoms with E-state index >= 15 is 0 Å². The van der Waals surface area contributed by atoms with Crippen LogP contribution < -0.4 is 4.74 Å². The smallest absolute Gasteiger partial charge is 0.295 e. The Labute approximate surface area is 206 Å². The Morgan fingerprint density at radius 1 is 1.00 bits per heavy atom. The SMILES string of the molecule is COc1cnc(-c2cnccn2)c2[nH]cc(C(=O)C(=O)N3CCN(C(=O)c4cccc(C)n4)CC3)c12. The maximum absolute atomic E-state index is 13.3. The fourth-order valence-electron chi connectivity index (χ4n) is 4.26. The molecule has 0 spiro atoms. The molecule has 0 unspecified atom stereocenters. The molecular weight excluding hydrogens is 462 g/mol. The maximum Gasteiger partial charge on any atom is 0.295 e. The molecule has 0 atom stereocenters. The van der Waals surface area contributed by atoms with Crippen LogP contribution in [-0.4, -0.2) is 85.6 Å². The number of aryl methyl sites for hydroxylation is 1. The zero-order chi connectivity index (χ0) is 25.2. The largest absolute Gasteiger partial charge is 0.494 e. The Morgan fingerprint density at radius 2 is 1.78 bits per heavy atom. The second-order valence-electron chi connectivity index (χ2n) is 8.30. The quantitative estimate of drug-likeness (QED) is 0.335. The normalized spacial score (nSPS) is 13.6. The van der Waals surface area contributed by atoms with E-state index in [9.17, 15) is 14.4 Å². The van der Waals surface area contributed by atoms with E-state index in [0.717, 1.165) is 5.69 Å². The van der Waals surface area contributed by atoms with Crippen molar-refractivity contribution >= 4 is 28.5 Å². The summed E-state index contributed by atoms with van der Waals surface area (Å²) in [5.41, 5.74) is 2.83. The number of H-pyrrole nitrogens is 1. The molecule has 4 aromatic rings. The van der Waals surface area contributed by atoms with Crippen molar-refractivity contribution in [3.05, 3.63) is 66.1 Å². The van der Waals surface area contributed by atoms with Gasteiger partial charge in [0.2, 0.25) is 0 Å². The Bertz CT molecular complexity index is 1460. The second kappa shape index (κ2) is 9.53. The summed E-state index contributed by atoms with van der Waals surface area (Å²) in [6.07, 6.45) is 7.64. The van der Waals surface area contributed by atoms with Crippen LogP contribution in [-0.2, 0) is 4.79 Å². The summed E-state index contributed by atoms with van der Waals surface area (Å²) in [6, 6.07) is 5.28. The van der Waals surface area contributed by atoms with Crippen LogP contribution >= 0.6 is 0 Å². The summed E-state index contributed by atoms with van der Waals surface area (Å²) >= 11 is 0. The first-order valence-electron chi connectivity index (χ1n) is 11.3. The Hall–Kier alpha value is -4.67. The molecule has 182 valence electrons. The first-order chi connectivity index (χ1) is 17.5. The summed E-state index contributed by atoms with van der Waals surface area (Å²) in [6.45, 7) is 2.93. The molecule has 1 fully saturated rings.